The van der Waals surface area contributed by atoms with E-state index in [0.717, 1.165) is 18.4 Å². The predicted octanol–water partition coefficient (Wildman–Crippen LogP) is 1.35. The van der Waals surface area contributed by atoms with Crippen LogP contribution in [0.15, 0.2) is 42.7 Å². The number of hydrogen-bond acceptors (Lipinski definition) is 5. The molecular weight excluding hydrogens is 332 g/mol. The van der Waals surface area contributed by atoms with Crippen molar-refractivity contribution in [2.45, 2.75) is 19.4 Å². The molecule has 134 valence electrons. The number of carbonyl (C=O) groups is 3. The third-order valence-electron chi connectivity index (χ3n) is 4.24. The van der Waals surface area contributed by atoms with E-state index in [9.17, 15) is 14.4 Å². The SMILES string of the molecule is NCCCCNC(=O)c1ccc2c(c1)C(=O)N(Cc1ccncc1)C2=O. The number of nitrogens with one attached hydrogen (secondary N) is 1. The minimum Gasteiger partial charge on any atom is -0.352 e. The van der Waals surface area contributed by atoms with Crippen molar-refractivity contribution in [2.75, 3.05) is 13.1 Å². The van der Waals surface area contributed by atoms with Crippen LogP contribution in [0.2, 0.25) is 0 Å². The molecule has 3 rings (SSSR count). The van der Waals surface area contributed by atoms with Crippen LogP contribution >= 0.6 is 0 Å². The largest absolute Gasteiger partial charge is 0.352 e. The highest BCUT2D eigenvalue weighted by atomic mass is 16.2. The van der Waals surface area contributed by atoms with Crippen LogP contribution in [0.3, 0.4) is 0 Å². The number of aromatic nitrogens is 1. The summed E-state index contributed by atoms with van der Waals surface area (Å²) in [6, 6.07) is 8.10. The topological polar surface area (TPSA) is 105 Å². The first-order valence-electron chi connectivity index (χ1n) is 8.49. The van der Waals surface area contributed by atoms with Gasteiger partial charge in [0.2, 0.25) is 0 Å². The van der Waals surface area contributed by atoms with Gasteiger partial charge < -0.3 is 11.1 Å². The van der Waals surface area contributed by atoms with E-state index in [2.05, 4.69) is 10.3 Å². The Morgan fingerprint density at radius 3 is 2.50 bits per heavy atom. The number of amides is 3. The molecule has 0 spiro atoms. The molecule has 2 aromatic rings. The fourth-order valence-corrected chi connectivity index (χ4v) is 2.82. The molecule has 0 saturated heterocycles. The monoisotopic (exact) mass is 352 g/mol. The van der Waals surface area contributed by atoms with Gasteiger partial charge in [0.05, 0.1) is 17.7 Å². The zero-order chi connectivity index (χ0) is 18.5. The Balaban J connectivity index is 1.74. The van der Waals surface area contributed by atoms with Crippen molar-refractivity contribution in [3.63, 3.8) is 0 Å². The molecule has 1 aliphatic rings. The van der Waals surface area contributed by atoms with Gasteiger partial charge >= 0.3 is 0 Å². The second-order valence-corrected chi connectivity index (χ2v) is 6.06. The first-order valence-corrected chi connectivity index (χ1v) is 8.49. The van der Waals surface area contributed by atoms with Crippen LogP contribution in [0.4, 0.5) is 0 Å². The molecule has 0 fully saturated rings. The summed E-state index contributed by atoms with van der Waals surface area (Å²) in [5.74, 6) is -1.01. The minimum absolute atomic E-state index is 0.176. The molecule has 0 unspecified atom stereocenters. The summed E-state index contributed by atoms with van der Waals surface area (Å²) >= 11 is 0. The Hall–Kier alpha value is -3.06. The van der Waals surface area contributed by atoms with Crippen molar-refractivity contribution in [2.24, 2.45) is 5.73 Å². The molecule has 0 saturated carbocycles. The van der Waals surface area contributed by atoms with Gasteiger partial charge in [-0.25, -0.2) is 0 Å². The van der Waals surface area contributed by atoms with E-state index in [0.29, 0.717) is 24.2 Å². The number of carbonyl (C=O) groups excluding carboxylic acids is 3. The number of pyridine rings is 1. The lowest BCUT2D eigenvalue weighted by Gasteiger charge is -2.13. The van der Waals surface area contributed by atoms with Crippen molar-refractivity contribution in [3.8, 4) is 0 Å². The van der Waals surface area contributed by atoms with E-state index in [4.69, 9.17) is 5.73 Å². The van der Waals surface area contributed by atoms with E-state index in [1.807, 2.05) is 0 Å². The van der Waals surface area contributed by atoms with Gasteiger partial charge in [0, 0.05) is 24.5 Å². The van der Waals surface area contributed by atoms with Crippen LogP contribution < -0.4 is 11.1 Å². The fraction of sp³-hybridized carbons (Fsp3) is 0.263. The van der Waals surface area contributed by atoms with E-state index in [1.54, 1.807) is 30.6 Å². The molecule has 7 heteroatoms. The molecule has 3 amide bonds. The molecule has 3 N–H and O–H groups in total. The molecule has 0 atom stereocenters. The maximum Gasteiger partial charge on any atom is 0.261 e. The smallest absolute Gasteiger partial charge is 0.261 e. The third-order valence-corrected chi connectivity index (χ3v) is 4.24. The van der Waals surface area contributed by atoms with Gasteiger partial charge in [-0.2, -0.15) is 0 Å². The molecule has 0 radical (unpaired) electrons. The highest BCUT2D eigenvalue weighted by Crippen LogP contribution is 2.25. The maximum atomic E-state index is 12.6. The second kappa shape index (κ2) is 7.88. The highest BCUT2D eigenvalue weighted by Gasteiger charge is 2.35. The number of rotatable bonds is 7. The first kappa shape index (κ1) is 17.8. The second-order valence-electron chi connectivity index (χ2n) is 6.06. The van der Waals surface area contributed by atoms with E-state index in [1.165, 1.54) is 17.0 Å². The summed E-state index contributed by atoms with van der Waals surface area (Å²) in [5, 5.41) is 2.79. The minimum atomic E-state index is -0.389. The normalized spacial score (nSPS) is 13.0. The van der Waals surface area contributed by atoms with Gasteiger partial charge in [-0.1, -0.05) is 0 Å². The predicted molar refractivity (Wildman–Crippen MR) is 95.5 cm³/mol. The van der Waals surface area contributed by atoms with Crippen LogP contribution in [0.1, 0.15) is 49.5 Å². The quantitative estimate of drug-likeness (QED) is 0.578. The lowest BCUT2D eigenvalue weighted by Crippen LogP contribution is -2.29. The summed E-state index contributed by atoms with van der Waals surface area (Å²) in [6.45, 7) is 1.28. The molecule has 7 nitrogen and oxygen atoms in total. The number of imide groups is 1. The van der Waals surface area contributed by atoms with Gasteiger partial charge in [0.15, 0.2) is 0 Å². The summed E-state index contributed by atoms with van der Waals surface area (Å²) in [4.78, 5) is 42.5. The van der Waals surface area contributed by atoms with E-state index in [-0.39, 0.29) is 29.8 Å². The average molecular weight is 352 g/mol. The summed E-state index contributed by atoms with van der Waals surface area (Å²) in [5.41, 5.74) is 7.19. The van der Waals surface area contributed by atoms with Crippen LogP contribution in [-0.4, -0.2) is 40.7 Å². The molecule has 26 heavy (non-hydrogen) atoms. The molecule has 2 heterocycles. The zero-order valence-electron chi connectivity index (χ0n) is 14.3. The zero-order valence-corrected chi connectivity index (χ0v) is 14.3. The van der Waals surface area contributed by atoms with Gasteiger partial charge in [0.25, 0.3) is 17.7 Å². The lowest BCUT2D eigenvalue weighted by atomic mass is 10.1. The van der Waals surface area contributed by atoms with Crippen molar-refractivity contribution >= 4 is 17.7 Å². The third kappa shape index (κ3) is 3.62. The maximum absolute atomic E-state index is 12.6. The van der Waals surface area contributed by atoms with Crippen molar-refractivity contribution in [1.29, 1.82) is 0 Å². The summed E-state index contributed by atoms with van der Waals surface area (Å²) in [6.07, 6.45) is 4.85. The number of fused-ring (bicyclic) bond motifs is 1. The molecule has 1 aromatic heterocycles. The Labute approximate surface area is 151 Å². The summed E-state index contributed by atoms with van der Waals surface area (Å²) < 4.78 is 0. The summed E-state index contributed by atoms with van der Waals surface area (Å²) in [7, 11) is 0. The van der Waals surface area contributed by atoms with Crippen LogP contribution in [0, 0.1) is 0 Å². The molecular formula is C19H20N4O3. The van der Waals surface area contributed by atoms with E-state index < -0.39 is 0 Å². The van der Waals surface area contributed by atoms with Crippen LogP contribution in [0.25, 0.3) is 0 Å². The molecule has 1 aliphatic heterocycles. The Morgan fingerprint density at radius 1 is 1.04 bits per heavy atom. The van der Waals surface area contributed by atoms with Crippen LogP contribution in [0.5, 0.6) is 0 Å². The van der Waals surface area contributed by atoms with Crippen molar-refractivity contribution in [1.82, 2.24) is 15.2 Å². The molecule has 0 aliphatic carbocycles. The first-order chi connectivity index (χ1) is 12.6. The van der Waals surface area contributed by atoms with Gasteiger partial charge in [-0.05, 0) is 55.3 Å². The standard InChI is InChI=1S/C19H20N4O3/c20-7-1-2-8-22-17(24)14-3-4-15-16(11-14)19(26)23(18(15)25)12-13-5-9-21-10-6-13/h3-6,9-11H,1-2,7-8,12,20H2,(H,22,24). The molecule has 1 aromatic carbocycles. The van der Waals surface area contributed by atoms with Crippen LogP contribution in [-0.2, 0) is 6.54 Å². The number of hydrogen-bond donors (Lipinski definition) is 2. The number of unbranched alkanes of at least 4 members (excludes halogenated alkanes) is 1. The van der Waals surface area contributed by atoms with Gasteiger partial charge in [-0.15, -0.1) is 0 Å². The number of nitrogens with zero attached hydrogens (tertiary/aromatic N) is 2. The van der Waals surface area contributed by atoms with Crippen molar-refractivity contribution in [3.05, 3.63) is 65.0 Å². The average Bonchev–Trinajstić information content (AvgIpc) is 2.90. The Bertz CT molecular complexity index is 836. The molecule has 0 bridgehead atoms. The van der Waals surface area contributed by atoms with Gasteiger partial charge in [-0.3, -0.25) is 24.3 Å². The fourth-order valence-electron chi connectivity index (χ4n) is 2.82. The van der Waals surface area contributed by atoms with Crippen molar-refractivity contribution < 1.29 is 14.4 Å². The van der Waals surface area contributed by atoms with E-state index >= 15 is 0 Å². The number of nitrogens with two attached hydrogens (primary N) is 1. The van der Waals surface area contributed by atoms with Gasteiger partial charge in [0.1, 0.15) is 0 Å². The highest BCUT2D eigenvalue weighted by molar-refractivity contribution is 6.22. The Kier molecular flexibility index (Phi) is 5.38. The number of benzene rings is 1. The lowest BCUT2D eigenvalue weighted by molar-refractivity contribution is 0.0642. The Morgan fingerprint density at radius 2 is 1.77 bits per heavy atom.